The number of rotatable bonds is 8. The zero-order chi connectivity index (χ0) is 19.4. The van der Waals surface area contributed by atoms with Gasteiger partial charge in [-0.2, -0.15) is 5.10 Å². The number of para-hydroxylation sites is 1. The fraction of sp³-hybridized carbons (Fsp3) is 0.550. The van der Waals surface area contributed by atoms with Crippen LogP contribution in [0.15, 0.2) is 30.3 Å². The molecule has 1 unspecified atom stereocenters. The van der Waals surface area contributed by atoms with E-state index in [0.717, 1.165) is 36.6 Å². The van der Waals surface area contributed by atoms with Crippen molar-refractivity contribution in [2.75, 3.05) is 31.7 Å². The van der Waals surface area contributed by atoms with Crippen molar-refractivity contribution in [2.45, 2.75) is 39.3 Å². The van der Waals surface area contributed by atoms with Gasteiger partial charge in [0.25, 0.3) is 0 Å². The van der Waals surface area contributed by atoms with E-state index in [-0.39, 0.29) is 17.5 Å². The van der Waals surface area contributed by atoms with E-state index in [9.17, 15) is 8.42 Å². The summed E-state index contributed by atoms with van der Waals surface area (Å²) in [4.78, 5) is 1.40. The molecule has 3 rings (SSSR count). The molecule has 1 aliphatic rings. The predicted molar refractivity (Wildman–Crippen MR) is 106 cm³/mol. The highest BCUT2D eigenvalue weighted by molar-refractivity contribution is 7.91. The molecule has 1 aromatic heterocycles. The molecule has 1 aromatic carbocycles. The van der Waals surface area contributed by atoms with Crippen molar-refractivity contribution in [3.63, 3.8) is 0 Å². The number of nitrogens with one attached hydrogen (secondary N) is 1. The Labute approximate surface area is 162 Å². The molecule has 0 spiro atoms. The second-order valence-electron chi connectivity index (χ2n) is 7.55. The molecule has 1 aliphatic heterocycles. The summed E-state index contributed by atoms with van der Waals surface area (Å²) in [6.45, 7) is 6.69. The summed E-state index contributed by atoms with van der Waals surface area (Å²) in [6.07, 6.45) is 1.65. The van der Waals surface area contributed by atoms with Gasteiger partial charge in [-0.25, -0.2) is 8.42 Å². The first-order valence-electron chi connectivity index (χ1n) is 9.60. The minimum Gasteiger partial charge on any atom is -0.493 e. The fourth-order valence-electron chi connectivity index (χ4n) is 3.75. The SMILES string of the molecule is Cc1nn([C@H]2CCS(=O)(=O)C2)c(C)c1C[NH+](C)CCCOc1ccccc1. The molecule has 0 aliphatic carbocycles. The van der Waals surface area contributed by atoms with Gasteiger partial charge in [0.2, 0.25) is 0 Å². The topological polar surface area (TPSA) is 65.6 Å². The van der Waals surface area contributed by atoms with Gasteiger partial charge in [-0.1, -0.05) is 18.2 Å². The quantitative estimate of drug-likeness (QED) is 0.689. The van der Waals surface area contributed by atoms with Gasteiger partial charge in [0.15, 0.2) is 9.84 Å². The van der Waals surface area contributed by atoms with Crippen molar-refractivity contribution in [1.29, 1.82) is 0 Å². The van der Waals surface area contributed by atoms with E-state index in [1.54, 1.807) is 0 Å². The number of sulfone groups is 1. The van der Waals surface area contributed by atoms with Crippen molar-refractivity contribution >= 4 is 9.84 Å². The maximum Gasteiger partial charge on any atom is 0.152 e. The van der Waals surface area contributed by atoms with Crippen molar-refractivity contribution in [2.24, 2.45) is 0 Å². The summed E-state index contributed by atoms with van der Waals surface area (Å²) >= 11 is 0. The number of aryl methyl sites for hydroxylation is 1. The smallest absolute Gasteiger partial charge is 0.152 e. The van der Waals surface area contributed by atoms with Crippen LogP contribution >= 0.6 is 0 Å². The normalized spacial score (nSPS) is 19.9. The van der Waals surface area contributed by atoms with E-state index < -0.39 is 9.84 Å². The van der Waals surface area contributed by atoms with Gasteiger partial charge in [-0.15, -0.1) is 0 Å². The van der Waals surface area contributed by atoms with Gasteiger partial charge < -0.3 is 9.64 Å². The van der Waals surface area contributed by atoms with Gasteiger partial charge in [-0.05, 0) is 32.4 Å². The number of quaternary nitrogens is 1. The number of nitrogens with zero attached hydrogens (tertiary/aromatic N) is 2. The minimum atomic E-state index is -2.90. The molecule has 1 N–H and O–H groups in total. The molecule has 7 heteroatoms. The number of benzene rings is 1. The standard InChI is InChI=1S/C20H29N3O3S/c1-16-20(17(2)23(21-16)18-10-13-27(24,25)15-18)14-22(3)11-7-12-26-19-8-5-4-6-9-19/h4-6,8-9,18H,7,10-15H2,1-3H3/p+1/t18-/m0/s1. The van der Waals surface area contributed by atoms with E-state index in [1.807, 2.05) is 41.9 Å². The first-order valence-corrected chi connectivity index (χ1v) is 11.4. The van der Waals surface area contributed by atoms with Crippen LogP contribution in [0.3, 0.4) is 0 Å². The Bertz CT molecular complexity index is 862. The van der Waals surface area contributed by atoms with E-state index in [4.69, 9.17) is 4.74 Å². The number of ether oxygens (including phenoxy) is 1. The van der Waals surface area contributed by atoms with Crippen LogP contribution in [0.25, 0.3) is 0 Å². The molecule has 2 atom stereocenters. The third-order valence-electron chi connectivity index (χ3n) is 5.27. The molecule has 2 heterocycles. The first-order chi connectivity index (χ1) is 12.9. The lowest BCUT2D eigenvalue weighted by Crippen LogP contribution is -3.07. The van der Waals surface area contributed by atoms with Gasteiger partial charge >= 0.3 is 0 Å². The van der Waals surface area contributed by atoms with Crippen LogP contribution in [0.1, 0.15) is 35.8 Å². The van der Waals surface area contributed by atoms with Crippen LogP contribution in [0, 0.1) is 13.8 Å². The molecule has 0 saturated carbocycles. The first kappa shape index (κ1) is 19.9. The van der Waals surface area contributed by atoms with Gasteiger partial charge in [-0.3, -0.25) is 4.68 Å². The third-order valence-corrected chi connectivity index (χ3v) is 7.02. The minimum absolute atomic E-state index is 0.0120. The van der Waals surface area contributed by atoms with E-state index in [2.05, 4.69) is 19.1 Å². The van der Waals surface area contributed by atoms with Gasteiger partial charge in [0.05, 0.1) is 49.0 Å². The fourth-order valence-corrected chi connectivity index (χ4v) is 5.44. The second-order valence-corrected chi connectivity index (χ2v) is 9.78. The highest BCUT2D eigenvalue weighted by Crippen LogP contribution is 2.26. The van der Waals surface area contributed by atoms with Crippen LogP contribution < -0.4 is 9.64 Å². The van der Waals surface area contributed by atoms with E-state index >= 15 is 0 Å². The maximum atomic E-state index is 11.8. The lowest BCUT2D eigenvalue weighted by atomic mass is 10.1. The highest BCUT2D eigenvalue weighted by Gasteiger charge is 2.31. The Kier molecular flexibility index (Phi) is 6.22. The number of hydrogen-bond acceptors (Lipinski definition) is 4. The Morgan fingerprint density at radius 1 is 1.26 bits per heavy atom. The number of aromatic nitrogens is 2. The molecule has 0 amide bonds. The number of hydrogen-bond donors (Lipinski definition) is 1. The molecule has 1 fully saturated rings. The Morgan fingerprint density at radius 3 is 2.67 bits per heavy atom. The van der Waals surface area contributed by atoms with Crippen LogP contribution in [0.4, 0.5) is 0 Å². The van der Waals surface area contributed by atoms with Crippen LogP contribution in [-0.2, 0) is 16.4 Å². The lowest BCUT2D eigenvalue weighted by molar-refractivity contribution is -0.894. The molecule has 1 saturated heterocycles. The molecule has 2 aromatic rings. The molecular weight excluding hydrogens is 362 g/mol. The Balaban J connectivity index is 1.52. The summed E-state index contributed by atoms with van der Waals surface area (Å²) < 4.78 is 31.3. The van der Waals surface area contributed by atoms with Crippen molar-refractivity contribution in [1.82, 2.24) is 9.78 Å². The summed E-state index contributed by atoms with van der Waals surface area (Å²) in [5.74, 6) is 1.40. The van der Waals surface area contributed by atoms with E-state index in [1.165, 1.54) is 10.5 Å². The van der Waals surface area contributed by atoms with Gasteiger partial charge in [0.1, 0.15) is 12.3 Å². The average Bonchev–Trinajstić information content (AvgIpc) is 3.13. The maximum absolute atomic E-state index is 11.8. The molecule has 0 bridgehead atoms. The summed E-state index contributed by atoms with van der Waals surface area (Å²) in [7, 11) is -0.726. The average molecular weight is 393 g/mol. The van der Waals surface area contributed by atoms with Crippen LogP contribution in [0.5, 0.6) is 5.75 Å². The van der Waals surface area contributed by atoms with Crippen LogP contribution in [-0.4, -0.2) is 49.9 Å². The monoisotopic (exact) mass is 392 g/mol. The summed E-state index contributed by atoms with van der Waals surface area (Å²) in [6, 6.07) is 9.87. The van der Waals surface area contributed by atoms with Gasteiger partial charge in [0, 0.05) is 12.1 Å². The summed E-state index contributed by atoms with van der Waals surface area (Å²) in [5, 5.41) is 4.66. The van der Waals surface area contributed by atoms with Crippen molar-refractivity contribution in [3.05, 3.63) is 47.3 Å². The molecule has 148 valence electrons. The molecule has 6 nitrogen and oxygen atoms in total. The zero-order valence-corrected chi connectivity index (χ0v) is 17.3. The third kappa shape index (κ3) is 5.11. The highest BCUT2D eigenvalue weighted by atomic mass is 32.2. The largest absolute Gasteiger partial charge is 0.493 e. The molecule has 0 radical (unpaired) electrons. The predicted octanol–water partition coefficient (Wildman–Crippen LogP) is 1.34. The van der Waals surface area contributed by atoms with Crippen LogP contribution in [0.2, 0.25) is 0 Å². The van der Waals surface area contributed by atoms with Crippen molar-refractivity contribution in [3.8, 4) is 5.75 Å². The van der Waals surface area contributed by atoms with Crippen molar-refractivity contribution < 1.29 is 18.1 Å². The molecular formula is C20H30N3O3S+. The van der Waals surface area contributed by atoms with E-state index in [0.29, 0.717) is 13.0 Å². The Morgan fingerprint density at radius 2 is 2.00 bits per heavy atom. The Hall–Kier alpha value is -1.86. The molecule has 27 heavy (non-hydrogen) atoms. The summed E-state index contributed by atoms with van der Waals surface area (Å²) in [5.41, 5.74) is 3.35. The second kappa shape index (κ2) is 8.44. The lowest BCUT2D eigenvalue weighted by Gasteiger charge is -2.15. The zero-order valence-electron chi connectivity index (χ0n) is 16.4.